The number of hydrogen-bond acceptors (Lipinski definition) is 5. The standard InChI is InChI=1S/C21H34N4O4S.HI/c1-20(2,3)29-19(26)24-17(16-10-8-7-9-11-16)14-23-18(22-6)25-12-13-30(27,28)21(4,5)15-25;/h7-11,17H,12-15H2,1-6H3,(H,22,23)(H,24,26);1H. The van der Waals surface area contributed by atoms with Gasteiger partial charge in [-0.2, -0.15) is 0 Å². The van der Waals surface area contributed by atoms with Gasteiger partial charge in [0.15, 0.2) is 15.8 Å². The van der Waals surface area contributed by atoms with Crippen LogP contribution in [0, 0.1) is 0 Å². The largest absolute Gasteiger partial charge is 0.444 e. The third kappa shape index (κ3) is 7.81. The van der Waals surface area contributed by atoms with E-state index in [2.05, 4.69) is 15.6 Å². The highest BCUT2D eigenvalue weighted by Crippen LogP contribution is 2.24. The maximum absolute atomic E-state index is 12.3. The van der Waals surface area contributed by atoms with Crippen LogP contribution in [0.3, 0.4) is 0 Å². The van der Waals surface area contributed by atoms with Crippen LogP contribution in [-0.2, 0) is 14.6 Å². The Hall–Kier alpha value is -1.56. The highest BCUT2D eigenvalue weighted by molar-refractivity contribution is 14.0. The first-order valence-electron chi connectivity index (χ1n) is 10.1. The Labute approximate surface area is 203 Å². The lowest BCUT2D eigenvalue weighted by Crippen LogP contribution is -2.57. The SMILES string of the molecule is CN=C(NCC(NC(=O)OC(C)(C)C)c1ccccc1)N1CCS(=O)(=O)C(C)(C)C1.I. The van der Waals surface area contributed by atoms with Crippen LogP contribution in [0.25, 0.3) is 0 Å². The van der Waals surface area contributed by atoms with Crippen molar-refractivity contribution in [3.8, 4) is 0 Å². The zero-order valence-electron chi connectivity index (χ0n) is 19.1. The van der Waals surface area contributed by atoms with E-state index in [1.165, 1.54) is 0 Å². The van der Waals surface area contributed by atoms with Crippen LogP contribution in [0.2, 0.25) is 0 Å². The Bertz CT molecular complexity index is 867. The van der Waals surface area contributed by atoms with E-state index in [9.17, 15) is 13.2 Å². The number of carbonyl (C=O) groups excluding carboxylic acids is 1. The fraction of sp³-hybridized carbons (Fsp3) is 0.619. The number of halogens is 1. The summed E-state index contributed by atoms with van der Waals surface area (Å²) in [6.07, 6.45) is -0.502. The molecule has 1 heterocycles. The summed E-state index contributed by atoms with van der Waals surface area (Å²) in [6, 6.07) is 9.25. The quantitative estimate of drug-likeness (QED) is 0.331. The maximum Gasteiger partial charge on any atom is 0.408 e. The lowest BCUT2D eigenvalue weighted by molar-refractivity contribution is 0.0504. The average Bonchev–Trinajstić information content (AvgIpc) is 2.63. The van der Waals surface area contributed by atoms with Gasteiger partial charge in [0.25, 0.3) is 0 Å². The van der Waals surface area contributed by atoms with Crippen molar-refractivity contribution in [1.82, 2.24) is 15.5 Å². The first-order chi connectivity index (χ1) is 13.8. The lowest BCUT2D eigenvalue weighted by Gasteiger charge is -2.39. The van der Waals surface area contributed by atoms with Gasteiger partial charge in [0.05, 0.1) is 16.5 Å². The molecule has 1 aromatic rings. The van der Waals surface area contributed by atoms with Gasteiger partial charge in [-0.15, -0.1) is 24.0 Å². The van der Waals surface area contributed by atoms with E-state index >= 15 is 0 Å². The Kier molecular flexibility index (Phi) is 9.61. The first kappa shape index (κ1) is 27.5. The average molecular weight is 567 g/mol. The van der Waals surface area contributed by atoms with Gasteiger partial charge < -0.3 is 20.3 Å². The van der Waals surface area contributed by atoms with E-state index < -0.39 is 26.3 Å². The molecule has 1 aromatic carbocycles. The van der Waals surface area contributed by atoms with Gasteiger partial charge in [-0.05, 0) is 40.2 Å². The number of guanidine groups is 1. The molecule has 31 heavy (non-hydrogen) atoms. The number of nitrogens with one attached hydrogen (secondary N) is 2. The Morgan fingerprint density at radius 3 is 2.39 bits per heavy atom. The van der Waals surface area contributed by atoms with E-state index in [1.807, 2.05) is 56.0 Å². The number of ether oxygens (including phenoxy) is 1. The number of aliphatic imine (C=N–C) groups is 1. The van der Waals surface area contributed by atoms with Gasteiger partial charge in [0.2, 0.25) is 0 Å². The third-order valence-corrected chi connectivity index (χ3v) is 7.45. The molecular weight excluding hydrogens is 531 g/mol. The zero-order chi connectivity index (χ0) is 22.6. The monoisotopic (exact) mass is 566 g/mol. The van der Waals surface area contributed by atoms with Gasteiger partial charge in [-0.25, -0.2) is 13.2 Å². The van der Waals surface area contributed by atoms with Crippen LogP contribution in [0.15, 0.2) is 35.3 Å². The van der Waals surface area contributed by atoms with Crippen molar-refractivity contribution in [3.63, 3.8) is 0 Å². The van der Waals surface area contributed by atoms with Crippen molar-refractivity contribution in [2.45, 2.75) is 51.0 Å². The minimum absolute atomic E-state index is 0. The molecule has 1 saturated heterocycles. The number of amides is 1. The predicted molar refractivity (Wildman–Crippen MR) is 135 cm³/mol. The molecule has 0 radical (unpaired) electrons. The van der Waals surface area contributed by atoms with Crippen LogP contribution in [0.1, 0.15) is 46.2 Å². The molecule has 0 aliphatic carbocycles. The van der Waals surface area contributed by atoms with Crippen molar-refractivity contribution >= 4 is 45.9 Å². The molecule has 0 bridgehead atoms. The number of alkyl carbamates (subject to hydrolysis) is 1. The second-order valence-corrected chi connectivity index (χ2v) is 11.8. The molecule has 8 nitrogen and oxygen atoms in total. The summed E-state index contributed by atoms with van der Waals surface area (Å²) in [5.74, 6) is 0.684. The summed E-state index contributed by atoms with van der Waals surface area (Å²) in [6.45, 7) is 10.0. The summed E-state index contributed by atoms with van der Waals surface area (Å²) >= 11 is 0. The number of hydrogen-bond donors (Lipinski definition) is 2. The number of benzene rings is 1. The van der Waals surface area contributed by atoms with Crippen molar-refractivity contribution < 1.29 is 17.9 Å². The smallest absolute Gasteiger partial charge is 0.408 e. The zero-order valence-corrected chi connectivity index (χ0v) is 22.3. The van der Waals surface area contributed by atoms with Crippen LogP contribution >= 0.6 is 24.0 Å². The van der Waals surface area contributed by atoms with Gasteiger partial charge in [0, 0.05) is 26.7 Å². The molecule has 0 saturated carbocycles. The van der Waals surface area contributed by atoms with E-state index in [1.54, 1.807) is 20.9 Å². The Morgan fingerprint density at radius 2 is 1.87 bits per heavy atom. The molecule has 10 heteroatoms. The minimum atomic E-state index is -3.14. The third-order valence-electron chi connectivity index (χ3n) is 4.91. The van der Waals surface area contributed by atoms with Gasteiger partial charge in [0.1, 0.15) is 5.60 Å². The molecule has 2 N–H and O–H groups in total. The molecule has 176 valence electrons. The molecule has 1 aliphatic heterocycles. The van der Waals surface area contributed by atoms with E-state index in [4.69, 9.17) is 4.74 Å². The van der Waals surface area contributed by atoms with Crippen LogP contribution in [0.4, 0.5) is 4.79 Å². The fourth-order valence-electron chi connectivity index (χ4n) is 3.24. The van der Waals surface area contributed by atoms with Gasteiger partial charge in [-0.1, -0.05) is 30.3 Å². The number of nitrogens with zero attached hydrogens (tertiary/aromatic N) is 2. The molecular formula is C21H35IN4O4S. The molecule has 0 aromatic heterocycles. The first-order valence-corrected chi connectivity index (χ1v) is 11.7. The van der Waals surface area contributed by atoms with Crippen molar-refractivity contribution in [1.29, 1.82) is 0 Å². The molecule has 1 fully saturated rings. The van der Waals surface area contributed by atoms with E-state index in [0.29, 0.717) is 25.6 Å². The number of rotatable bonds is 4. The van der Waals surface area contributed by atoms with Crippen molar-refractivity contribution in [2.75, 3.05) is 32.4 Å². The Morgan fingerprint density at radius 1 is 1.26 bits per heavy atom. The molecule has 1 unspecified atom stereocenters. The van der Waals surface area contributed by atoms with Crippen LogP contribution in [-0.4, -0.2) is 68.2 Å². The van der Waals surface area contributed by atoms with Crippen LogP contribution in [0.5, 0.6) is 0 Å². The molecule has 0 spiro atoms. The Balaban J connectivity index is 0.00000480. The summed E-state index contributed by atoms with van der Waals surface area (Å²) in [5.41, 5.74) is 0.326. The van der Waals surface area contributed by atoms with Gasteiger partial charge >= 0.3 is 6.09 Å². The van der Waals surface area contributed by atoms with Crippen molar-refractivity contribution in [3.05, 3.63) is 35.9 Å². The minimum Gasteiger partial charge on any atom is -0.444 e. The van der Waals surface area contributed by atoms with Crippen molar-refractivity contribution in [2.24, 2.45) is 4.99 Å². The number of carbonyl (C=O) groups is 1. The highest BCUT2D eigenvalue weighted by Gasteiger charge is 2.41. The molecule has 1 aliphatic rings. The topological polar surface area (TPSA) is 100 Å². The fourth-order valence-corrected chi connectivity index (χ4v) is 4.60. The van der Waals surface area contributed by atoms with Gasteiger partial charge in [-0.3, -0.25) is 4.99 Å². The predicted octanol–water partition coefficient (Wildman–Crippen LogP) is 2.95. The highest BCUT2D eigenvalue weighted by atomic mass is 127. The summed E-state index contributed by atoms with van der Waals surface area (Å²) in [7, 11) is -1.48. The van der Waals surface area contributed by atoms with Crippen LogP contribution < -0.4 is 10.6 Å². The summed E-state index contributed by atoms with van der Waals surface area (Å²) < 4.78 is 29.1. The summed E-state index contributed by atoms with van der Waals surface area (Å²) in [5, 5.41) is 6.19. The normalized spacial score (nSPS) is 19.0. The second-order valence-electron chi connectivity index (χ2n) is 9.04. The number of sulfone groups is 1. The van der Waals surface area contributed by atoms with E-state index in [0.717, 1.165) is 5.56 Å². The second kappa shape index (κ2) is 10.8. The maximum atomic E-state index is 12.3. The molecule has 1 amide bonds. The molecule has 1 atom stereocenters. The molecule has 2 rings (SSSR count). The summed E-state index contributed by atoms with van der Waals surface area (Å²) in [4.78, 5) is 18.6. The lowest BCUT2D eigenvalue weighted by atomic mass is 10.1. The van der Waals surface area contributed by atoms with E-state index in [-0.39, 0.29) is 35.8 Å².